The van der Waals surface area contributed by atoms with Crippen molar-refractivity contribution < 1.29 is 9.59 Å². The third-order valence-electron chi connectivity index (χ3n) is 5.30. The van der Waals surface area contributed by atoms with Crippen molar-refractivity contribution in [2.75, 3.05) is 11.1 Å². The fraction of sp³-hybridized carbons (Fsp3) is 0.280. The van der Waals surface area contributed by atoms with Crippen molar-refractivity contribution in [2.45, 2.75) is 45.4 Å². The zero-order valence-corrected chi connectivity index (χ0v) is 22.1. The van der Waals surface area contributed by atoms with Crippen molar-refractivity contribution in [3.8, 4) is 0 Å². The van der Waals surface area contributed by atoms with Crippen LogP contribution in [0.4, 0.5) is 5.69 Å². The van der Waals surface area contributed by atoms with Crippen LogP contribution in [0.5, 0.6) is 0 Å². The summed E-state index contributed by atoms with van der Waals surface area (Å²) in [6.45, 7) is 12.1. The van der Waals surface area contributed by atoms with E-state index in [9.17, 15) is 9.59 Å². The molecule has 3 aromatic rings. The van der Waals surface area contributed by atoms with Gasteiger partial charge in [0.2, 0.25) is 5.91 Å². The van der Waals surface area contributed by atoms with Gasteiger partial charge in [-0.15, -0.1) is 16.8 Å². The van der Waals surface area contributed by atoms with Gasteiger partial charge in [0.25, 0.3) is 5.91 Å². The fourth-order valence-electron chi connectivity index (χ4n) is 3.27. The number of aromatic nitrogens is 3. The molecule has 0 fully saturated rings. The van der Waals surface area contributed by atoms with Crippen LogP contribution in [0.25, 0.3) is 0 Å². The molecule has 1 atom stereocenters. The van der Waals surface area contributed by atoms with Crippen molar-refractivity contribution in [3.63, 3.8) is 0 Å². The summed E-state index contributed by atoms with van der Waals surface area (Å²) in [5.74, 6) is 0.427. The lowest BCUT2D eigenvalue weighted by Crippen LogP contribution is -2.28. The highest BCUT2D eigenvalue weighted by Crippen LogP contribution is 2.27. The molecule has 0 aliphatic rings. The van der Waals surface area contributed by atoms with E-state index in [4.69, 9.17) is 0 Å². The zero-order chi connectivity index (χ0) is 24.8. The molecule has 0 spiro atoms. The lowest BCUT2D eigenvalue weighted by molar-refractivity contribution is -0.113. The first-order valence-electron chi connectivity index (χ1n) is 10.8. The number of carbonyl (C=O) groups is 2. The summed E-state index contributed by atoms with van der Waals surface area (Å²) >= 11 is 4.79. The molecular weight excluding hydrogens is 514 g/mol. The van der Waals surface area contributed by atoms with Gasteiger partial charge in [0.15, 0.2) is 11.0 Å². The molecule has 3 rings (SSSR count). The van der Waals surface area contributed by atoms with Crippen molar-refractivity contribution in [2.24, 2.45) is 0 Å². The second-order valence-electron chi connectivity index (χ2n) is 8.05. The normalized spacial score (nSPS) is 11.7. The second kappa shape index (κ2) is 11.5. The van der Waals surface area contributed by atoms with Crippen LogP contribution in [0.1, 0.15) is 45.8 Å². The minimum absolute atomic E-state index is 0.149. The monoisotopic (exact) mass is 541 g/mol. The highest BCUT2D eigenvalue weighted by molar-refractivity contribution is 9.10. The number of benzene rings is 2. The topological polar surface area (TPSA) is 88.9 Å². The van der Waals surface area contributed by atoms with E-state index in [1.165, 1.54) is 11.8 Å². The van der Waals surface area contributed by atoms with Crippen molar-refractivity contribution in [1.29, 1.82) is 0 Å². The Hall–Kier alpha value is -2.91. The third-order valence-corrected chi connectivity index (χ3v) is 6.92. The first kappa shape index (κ1) is 25.7. The van der Waals surface area contributed by atoms with E-state index in [0.717, 1.165) is 26.9 Å². The summed E-state index contributed by atoms with van der Waals surface area (Å²) < 4.78 is 2.70. The van der Waals surface area contributed by atoms with E-state index in [-0.39, 0.29) is 23.6 Å². The molecule has 9 heteroatoms. The molecule has 0 aliphatic carbocycles. The van der Waals surface area contributed by atoms with Gasteiger partial charge >= 0.3 is 0 Å². The second-order valence-corrected chi connectivity index (χ2v) is 9.85. The molecule has 0 radical (unpaired) electrons. The van der Waals surface area contributed by atoms with E-state index in [2.05, 4.69) is 43.3 Å². The minimum atomic E-state index is -0.379. The Morgan fingerprint density at radius 2 is 1.82 bits per heavy atom. The Bertz CT molecular complexity index is 1210. The first-order chi connectivity index (χ1) is 16.2. The number of carbonyl (C=O) groups excluding carboxylic acids is 2. The van der Waals surface area contributed by atoms with Gasteiger partial charge < -0.3 is 15.2 Å². The van der Waals surface area contributed by atoms with E-state index in [1.54, 1.807) is 18.2 Å². The maximum Gasteiger partial charge on any atom is 0.251 e. The number of aryl methyl sites for hydroxylation is 3. The van der Waals surface area contributed by atoms with E-state index >= 15 is 0 Å². The standard InChI is InChI=1S/C25H28BrN5O2S/c1-6-11-31-23(18(5)27-24(33)19-9-7-15(2)8-10-19)29-30-25(31)34-14-22(32)28-21-13-17(4)16(3)12-20(21)26/h6-10,12-13,18H,1,11,14H2,2-5H3,(H,27,33)(H,28,32)/t18-/m1/s1. The number of allylic oxidation sites excluding steroid dienone is 1. The van der Waals surface area contributed by atoms with Crippen molar-refractivity contribution in [1.82, 2.24) is 20.1 Å². The maximum atomic E-state index is 12.6. The molecule has 0 saturated carbocycles. The molecule has 2 amide bonds. The van der Waals surface area contributed by atoms with Crippen LogP contribution in [0.3, 0.4) is 0 Å². The highest BCUT2D eigenvalue weighted by atomic mass is 79.9. The van der Waals surface area contributed by atoms with Crippen molar-refractivity contribution in [3.05, 3.63) is 81.6 Å². The molecule has 2 N–H and O–H groups in total. The summed E-state index contributed by atoms with van der Waals surface area (Å²) in [7, 11) is 0. The predicted octanol–water partition coefficient (Wildman–Crippen LogP) is 5.37. The molecule has 34 heavy (non-hydrogen) atoms. The number of amides is 2. The Morgan fingerprint density at radius 3 is 2.50 bits per heavy atom. The van der Waals surface area contributed by atoms with Crippen LogP contribution < -0.4 is 10.6 Å². The number of halogens is 1. The number of hydrogen-bond acceptors (Lipinski definition) is 5. The van der Waals surface area contributed by atoms with Crippen LogP contribution in [0.2, 0.25) is 0 Å². The summed E-state index contributed by atoms with van der Waals surface area (Å²) in [6, 6.07) is 10.9. The van der Waals surface area contributed by atoms with Gasteiger partial charge in [0, 0.05) is 16.6 Å². The summed E-state index contributed by atoms with van der Waals surface area (Å²) in [4.78, 5) is 25.2. The molecule has 2 aromatic carbocycles. The van der Waals surface area contributed by atoms with E-state index in [1.807, 2.05) is 56.5 Å². The van der Waals surface area contributed by atoms with Gasteiger partial charge in [0.1, 0.15) is 0 Å². The number of nitrogens with one attached hydrogen (secondary N) is 2. The Labute approximate surface area is 212 Å². The van der Waals surface area contributed by atoms with E-state index < -0.39 is 0 Å². The lowest BCUT2D eigenvalue weighted by Gasteiger charge is -2.15. The summed E-state index contributed by atoms with van der Waals surface area (Å²) in [5, 5.41) is 15.0. The van der Waals surface area contributed by atoms with Gasteiger partial charge in [-0.25, -0.2) is 0 Å². The molecule has 7 nitrogen and oxygen atoms in total. The van der Waals surface area contributed by atoms with Gasteiger partial charge in [-0.3, -0.25) is 9.59 Å². The smallest absolute Gasteiger partial charge is 0.251 e. The SMILES string of the molecule is C=CCn1c(SCC(=O)Nc2cc(C)c(C)cc2Br)nnc1[C@@H](C)NC(=O)c1ccc(C)cc1. The van der Waals surface area contributed by atoms with Crippen LogP contribution in [-0.4, -0.2) is 32.3 Å². The summed E-state index contributed by atoms with van der Waals surface area (Å²) in [6.07, 6.45) is 1.73. The van der Waals surface area contributed by atoms with Crippen LogP contribution in [0.15, 0.2) is 58.7 Å². The molecule has 0 unspecified atom stereocenters. The average molecular weight is 543 g/mol. The quantitative estimate of drug-likeness (QED) is 0.280. The van der Waals surface area contributed by atoms with E-state index in [0.29, 0.717) is 23.1 Å². The fourth-order valence-corrected chi connectivity index (χ4v) is 4.58. The Kier molecular flexibility index (Phi) is 8.68. The highest BCUT2D eigenvalue weighted by Gasteiger charge is 2.20. The molecule has 0 saturated heterocycles. The molecule has 178 valence electrons. The van der Waals surface area contributed by atoms with Crippen LogP contribution in [0, 0.1) is 20.8 Å². The number of thioether (sulfide) groups is 1. The largest absolute Gasteiger partial charge is 0.342 e. The number of nitrogens with zero attached hydrogens (tertiary/aromatic N) is 3. The lowest BCUT2D eigenvalue weighted by atomic mass is 10.1. The number of hydrogen-bond donors (Lipinski definition) is 2. The van der Waals surface area contributed by atoms with Crippen LogP contribution >= 0.6 is 27.7 Å². The van der Waals surface area contributed by atoms with Gasteiger partial charge in [-0.05, 0) is 79.0 Å². The van der Waals surface area contributed by atoms with Crippen molar-refractivity contribution >= 4 is 45.2 Å². The number of anilines is 1. The van der Waals surface area contributed by atoms with Gasteiger partial charge in [0.05, 0.1) is 17.5 Å². The maximum absolute atomic E-state index is 12.6. The van der Waals surface area contributed by atoms with Crippen LogP contribution in [-0.2, 0) is 11.3 Å². The first-order valence-corrected chi connectivity index (χ1v) is 12.6. The summed E-state index contributed by atoms with van der Waals surface area (Å²) in [5.41, 5.74) is 4.65. The molecule has 1 heterocycles. The molecule has 0 bridgehead atoms. The Morgan fingerprint density at radius 1 is 1.15 bits per heavy atom. The zero-order valence-electron chi connectivity index (χ0n) is 19.7. The molecular formula is C25H28BrN5O2S. The Balaban J connectivity index is 1.67. The number of rotatable bonds is 9. The average Bonchev–Trinajstić information content (AvgIpc) is 3.19. The third kappa shape index (κ3) is 6.36. The molecule has 0 aliphatic heterocycles. The minimum Gasteiger partial charge on any atom is -0.342 e. The predicted molar refractivity (Wildman–Crippen MR) is 140 cm³/mol. The molecule has 1 aromatic heterocycles. The van der Waals surface area contributed by atoms with Gasteiger partial charge in [-0.1, -0.05) is 35.5 Å². The van der Waals surface area contributed by atoms with Gasteiger partial charge in [-0.2, -0.15) is 0 Å².